The van der Waals surface area contributed by atoms with Gasteiger partial charge in [0, 0.05) is 13.1 Å². The highest BCUT2D eigenvalue weighted by Crippen LogP contribution is 2.20. The molecular formula is C9H19NOS. The van der Waals surface area contributed by atoms with E-state index >= 15 is 0 Å². The van der Waals surface area contributed by atoms with Crippen molar-refractivity contribution in [2.24, 2.45) is 0 Å². The van der Waals surface area contributed by atoms with E-state index in [-0.39, 0.29) is 0 Å². The second-order valence-corrected chi connectivity index (χ2v) is 4.86. The summed E-state index contributed by atoms with van der Waals surface area (Å²) >= 11 is 1.90. The van der Waals surface area contributed by atoms with Gasteiger partial charge in [-0.3, -0.25) is 0 Å². The zero-order valence-corrected chi connectivity index (χ0v) is 8.86. The van der Waals surface area contributed by atoms with E-state index in [0.717, 1.165) is 26.1 Å². The Bertz CT molecular complexity index is 138. The van der Waals surface area contributed by atoms with Crippen LogP contribution in [0.3, 0.4) is 0 Å². The van der Waals surface area contributed by atoms with Gasteiger partial charge in [0.1, 0.15) is 0 Å². The lowest BCUT2D eigenvalue weighted by Crippen LogP contribution is -2.30. The van der Waals surface area contributed by atoms with Crippen molar-refractivity contribution in [2.75, 3.05) is 31.6 Å². The minimum Gasteiger partial charge on any atom is -0.389 e. The average Bonchev–Trinajstić information content (AvgIpc) is 2.31. The summed E-state index contributed by atoms with van der Waals surface area (Å²) in [5.74, 6) is 1.23. The molecule has 0 spiro atoms. The minimum absolute atomic E-state index is 0.417. The van der Waals surface area contributed by atoms with E-state index in [1.807, 2.05) is 18.7 Å². The molecule has 1 aliphatic heterocycles. The molecule has 3 heteroatoms. The first-order valence-electron chi connectivity index (χ1n) is 4.58. The quantitative estimate of drug-likeness (QED) is 0.672. The van der Waals surface area contributed by atoms with Crippen LogP contribution >= 0.6 is 11.8 Å². The number of aliphatic hydroxyl groups is 1. The fourth-order valence-electron chi connectivity index (χ4n) is 1.66. The highest BCUT2D eigenvalue weighted by molar-refractivity contribution is 7.98. The van der Waals surface area contributed by atoms with Gasteiger partial charge in [0.2, 0.25) is 0 Å². The number of nitrogens with zero attached hydrogens (tertiary/aromatic N) is 1. The third kappa shape index (κ3) is 3.33. The molecule has 1 atom stereocenters. The standard InChI is InChI=1S/C9H19NOS/c1-9(11)4-6-10(8-9)5-3-7-12-2/h11H,3-8H2,1-2H3. The molecule has 0 aromatic heterocycles. The summed E-state index contributed by atoms with van der Waals surface area (Å²) in [5, 5.41) is 9.67. The van der Waals surface area contributed by atoms with Crippen LogP contribution < -0.4 is 0 Å². The third-order valence-electron chi connectivity index (χ3n) is 2.35. The van der Waals surface area contributed by atoms with Crippen molar-refractivity contribution in [3.63, 3.8) is 0 Å². The van der Waals surface area contributed by atoms with E-state index in [0.29, 0.717) is 0 Å². The molecule has 0 saturated carbocycles. The van der Waals surface area contributed by atoms with E-state index < -0.39 is 5.60 Å². The van der Waals surface area contributed by atoms with Crippen molar-refractivity contribution in [3.8, 4) is 0 Å². The van der Waals surface area contributed by atoms with Crippen molar-refractivity contribution in [2.45, 2.75) is 25.4 Å². The SMILES string of the molecule is CSCCCN1CCC(C)(O)C1. The first kappa shape index (κ1) is 10.4. The highest BCUT2D eigenvalue weighted by Gasteiger charge is 2.30. The molecule has 1 unspecified atom stereocenters. The van der Waals surface area contributed by atoms with Crippen LogP contribution in [0.25, 0.3) is 0 Å². The number of rotatable bonds is 4. The predicted molar refractivity (Wildman–Crippen MR) is 54.7 cm³/mol. The van der Waals surface area contributed by atoms with Crippen molar-refractivity contribution in [1.29, 1.82) is 0 Å². The fraction of sp³-hybridized carbons (Fsp3) is 1.00. The molecule has 0 amide bonds. The van der Waals surface area contributed by atoms with E-state index in [9.17, 15) is 5.11 Å². The van der Waals surface area contributed by atoms with Crippen molar-refractivity contribution >= 4 is 11.8 Å². The Hall–Kier alpha value is 0.270. The molecule has 1 saturated heterocycles. The average molecular weight is 189 g/mol. The summed E-state index contributed by atoms with van der Waals surface area (Å²) in [4.78, 5) is 2.36. The molecule has 0 bridgehead atoms. The van der Waals surface area contributed by atoms with Gasteiger partial charge in [-0.1, -0.05) is 0 Å². The van der Waals surface area contributed by atoms with Gasteiger partial charge in [-0.15, -0.1) is 0 Å². The van der Waals surface area contributed by atoms with E-state index in [2.05, 4.69) is 11.2 Å². The normalized spacial score (nSPS) is 31.2. The smallest absolute Gasteiger partial charge is 0.0758 e. The van der Waals surface area contributed by atoms with E-state index in [1.165, 1.54) is 12.2 Å². The maximum atomic E-state index is 9.67. The molecular weight excluding hydrogens is 170 g/mol. The molecule has 1 aliphatic rings. The zero-order chi connectivity index (χ0) is 9.03. The van der Waals surface area contributed by atoms with Crippen LogP contribution in [0.4, 0.5) is 0 Å². The van der Waals surface area contributed by atoms with Gasteiger partial charge >= 0.3 is 0 Å². The molecule has 0 radical (unpaired) electrons. The Morgan fingerprint density at radius 2 is 2.33 bits per heavy atom. The molecule has 2 nitrogen and oxygen atoms in total. The summed E-state index contributed by atoms with van der Waals surface area (Å²) < 4.78 is 0. The Balaban J connectivity index is 2.11. The first-order valence-corrected chi connectivity index (χ1v) is 5.97. The largest absolute Gasteiger partial charge is 0.389 e. The van der Waals surface area contributed by atoms with Gasteiger partial charge < -0.3 is 10.0 Å². The number of hydrogen-bond acceptors (Lipinski definition) is 3. The monoisotopic (exact) mass is 189 g/mol. The topological polar surface area (TPSA) is 23.5 Å². The summed E-state index contributed by atoms with van der Waals surface area (Å²) in [6.45, 7) is 5.02. The Kier molecular flexibility index (Phi) is 3.87. The highest BCUT2D eigenvalue weighted by atomic mass is 32.2. The van der Waals surface area contributed by atoms with Crippen LogP contribution in [-0.4, -0.2) is 47.3 Å². The van der Waals surface area contributed by atoms with Gasteiger partial charge in [-0.05, 0) is 38.3 Å². The molecule has 0 aromatic carbocycles. The number of hydrogen-bond donors (Lipinski definition) is 1. The lowest BCUT2D eigenvalue weighted by Gasteiger charge is -2.18. The van der Waals surface area contributed by atoms with Gasteiger partial charge in [-0.2, -0.15) is 11.8 Å². The Labute approximate surface area is 79.3 Å². The van der Waals surface area contributed by atoms with Crippen molar-refractivity contribution < 1.29 is 5.11 Å². The van der Waals surface area contributed by atoms with Crippen LogP contribution in [0.15, 0.2) is 0 Å². The minimum atomic E-state index is -0.417. The van der Waals surface area contributed by atoms with Crippen LogP contribution in [0, 0.1) is 0 Å². The molecule has 1 N–H and O–H groups in total. The Morgan fingerprint density at radius 1 is 1.58 bits per heavy atom. The zero-order valence-electron chi connectivity index (χ0n) is 8.05. The Morgan fingerprint density at radius 3 is 2.83 bits per heavy atom. The molecule has 0 aliphatic carbocycles. The molecule has 12 heavy (non-hydrogen) atoms. The fourth-order valence-corrected chi connectivity index (χ4v) is 2.08. The number of thioether (sulfide) groups is 1. The summed E-state index contributed by atoms with van der Waals surface area (Å²) in [5.41, 5.74) is -0.417. The van der Waals surface area contributed by atoms with Crippen LogP contribution in [0.2, 0.25) is 0 Å². The molecule has 1 fully saturated rings. The predicted octanol–water partition coefficient (Wildman–Crippen LogP) is 1.20. The molecule has 0 aromatic rings. The summed E-state index contributed by atoms with van der Waals surface area (Å²) in [6.07, 6.45) is 4.32. The maximum Gasteiger partial charge on any atom is 0.0758 e. The number of likely N-dealkylation sites (tertiary alicyclic amines) is 1. The second kappa shape index (κ2) is 4.49. The van der Waals surface area contributed by atoms with Gasteiger partial charge in [0.05, 0.1) is 5.60 Å². The molecule has 1 rings (SSSR count). The van der Waals surface area contributed by atoms with Crippen LogP contribution in [-0.2, 0) is 0 Å². The van der Waals surface area contributed by atoms with E-state index in [1.54, 1.807) is 0 Å². The second-order valence-electron chi connectivity index (χ2n) is 3.87. The van der Waals surface area contributed by atoms with Crippen LogP contribution in [0.5, 0.6) is 0 Å². The lowest BCUT2D eigenvalue weighted by molar-refractivity contribution is 0.0689. The summed E-state index contributed by atoms with van der Waals surface area (Å²) in [7, 11) is 0. The maximum absolute atomic E-state index is 9.67. The molecule has 1 heterocycles. The first-order chi connectivity index (χ1) is 5.64. The lowest BCUT2D eigenvalue weighted by atomic mass is 10.1. The third-order valence-corrected chi connectivity index (χ3v) is 3.05. The van der Waals surface area contributed by atoms with Gasteiger partial charge in [-0.25, -0.2) is 0 Å². The van der Waals surface area contributed by atoms with E-state index in [4.69, 9.17) is 0 Å². The van der Waals surface area contributed by atoms with Crippen molar-refractivity contribution in [1.82, 2.24) is 4.90 Å². The van der Waals surface area contributed by atoms with Gasteiger partial charge in [0.15, 0.2) is 0 Å². The molecule has 72 valence electrons. The van der Waals surface area contributed by atoms with Crippen molar-refractivity contribution in [3.05, 3.63) is 0 Å². The van der Waals surface area contributed by atoms with Crippen LogP contribution in [0.1, 0.15) is 19.8 Å². The number of β-amino-alcohol motifs (C(OH)–C–C–N with tert-alkyl or cyclic N) is 1. The van der Waals surface area contributed by atoms with Gasteiger partial charge in [0.25, 0.3) is 0 Å². The summed E-state index contributed by atoms with van der Waals surface area (Å²) in [6, 6.07) is 0.